The molecule has 108 valence electrons. The molecule has 0 aliphatic carbocycles. The van der Waals surface area contributed by atoms with Crippen molar-refractivity contribution in [1.82, 2.24) is 5.43 Å². The zero-order valence-electron chi connectivity index (χ0n) is 11.6. The summed E-state index contributed by atoms with van der Waals surface area (Å²) in [6.45, 7) is 3.95. The molecule has 0 fully saturated rings. The van der Waals surface area contributed by atoms with E-state index in [0.717, 1.165) is 16.7 Å². The van der Waals surface area contributed by atoms with Gasteiger partial charge in [-0.05, 0) is 19.9 Å². The second-order valence-electron chi connectivity index (χ2n) is 5.36. The SMILES string of the molecule is CC(C)(N)CSCc1c(C(=O)NN)oc2ccccc12. The lowest BCUT2D eigenvalue weighted by Crippen LogP contribution is -2.34. The van der Waals surface area contributed by atoms with Gasteiger partial charge in [-0.3, -0.25) is 10.2 Å². The number of carbonyl (C=O) groups is 1. The van der Waals surface area contributed by atoms with Crippen LogP contribution in [0.3, 0.4) is 0 Å². The number of furan rings is 1. The maximum absolute atomic E-state index is 11.8. The Morgan fingerprint density at radius 2 is 2.10 bits per heavy atom. The number of para-hydroxylation sites is 1. The summed E-state index contributed by atoms with van der Waals surface area (Å²) in [5.74, 6) is 6.51. The predicted octanol–water partition coefficient (Wildman–Crippen LogP) is 2.01. The number of hydrogen-bond donors (Lipinski definition) is 3. The number of benzene rings is 1. The molecule has 0 saturated carbocycles. The smallest absolute Gasteiger partial charge is 0.301 e. The number of thioether (sulfide) groups is 1. The van der Waals surface area contributed by atoms with Crippen LogP contribution in [0.4, 0.5) is 0 Å². The molecular formula is C14H19N3O2S. The van der Waals surface area contributed by atoms with Gasteiger partial charge in [-0.1, -0.05) is 18.2 Å². The number of amides is 1. The fourth-order valence-corrected chi connectivity index (χ4v) is 3.03. The van der Waals surface area contributed by atoms with Crippen molar-refractivity contribution in [3.05, 3.63) is 35.6 Å². The highest BCUT2D eigenvalue weighted by Crippen LogP contribution is 2.29. The molecular weight excluding hydrogens is 274 g/mol. The van der Waals surface area contributed by atoms with Crippen molar-refractivity contribution in [2.24, 2.45) is 11.6 Å². The predicted molar refractivity (Wildman–Crippen MR) is 82.3 cm³/mol. The fraction of sp³-hybridized carbons (Fsp3) is 0.357. The number of hydrazine groups is 1. The molecule has 2 aromatic rings. The van der Waals surface area contributed by atoms with Crippen LogP contribution in [-0.2, 0) is 5.75 Å². The Hall–Kier alpha value is -1.50. The van der Waals surface area contributed by atoms with Crippen molar-refractivity contribution >= 4 is 28.6 Å². The Kier molecular flexibility index (Phi) is 4.37. The Morgan fingerprint density at radius 3 is 2.75 bits per heavy atom. The van der Waals surface area contributed by atoms with Crippen LogP contribution in [0.2, 0.25) is 0 Å². The van der Waals surface area contributed by atoms with E-state index in [1.165, 1.54) is 0 Å². The highest BCUT2D eigenvalue weighted by atomic mass is 32.2. The summed E-state index contributed by atoms with van der Waals surface area (Å²) in [7, 11) is 0. The van der Waals surface area contributed by atoms with Gasteiger partial charge in [0.05, 0.1) is 0 Å². The van der Waals surface area contributed by atoms with Crippen LogP contribution >= 0.6 is 11.8 Å². The van der Waals surface area contributed by atoms with Gasteiger partial charge >= 0.3 is 5.91 Å². The van der Waals surface area contributed by atoms with Gasteiger partial charge in [0.15, 0.2) is 5.76 Å². The number of nitrogens with two attached hydrogens (primary N) is 2. The van der Waals surface area contributed by atoms with E-state index in [1.807, 2.05) is 38.1 Å². The zero-order chi connectivity index (χ0) is 14.8. The molecule has 0 aliphatic rings. The molecule has 0 spiro atoms. The maximum Gasteiger partial charge on any atom is 0.301 e. The van der Waals surface area contributed by atoms with Gasteiger partial charge in [-0.15, -0.1) is 0 Å². The normalized spacial score (nSPS) is 11.8. The van der Waals surface area contributed by atoms with E-state index in [-0.39, 0.29) is 11.3 Å². The van der Waals surface area contributed by atoms with Crippen molar-refractivity contribution in [3.63, 3.8) is 0 Å². The number of carbonyl (C=O) groups excluding carboxylic acids is 1. The molecule has 0 atom stereocenters. The first-order chi connectivity index (χ1) is 9.42. The van der Waals surface area contributed by atoms with E-state index in [9.17, 15) is 4.79 Å². The first kappa shape index (κ1) is 14.9. The summed E-state index contributed by atoms with van der Waals surface area (Å²) in [5, 5.41) is 0.938. The molecule has 1 amide bonds. The highest BCUT2D eigenvalue weighted by molar-refractivity contribution is 7.98. The Bertz CT molecular complexity index is 616. The maximum atomic E-state index is 11.8. The van der Waals surface area contributed by atoms with Crippen LogP contribution in [0.5, 0.6) is 0 Å². The number of rotatable bonds is 5. The summed E-state index contributed by atoms with van der Waals surface area (Å²) in [6.07, 6.45) is 0. The third-order valence-electron chi connectivity index (χ3n) is 2.76. The molecule has 0 radical (unpaired) electrons. The molecule has 1 aromatic heterocycles. The quantitative estimate of drug-likeness (QED) is 0.445. The summed E-state index contributed by atoms with van der Waals surface area (Å²) in [4.78, 5) is 11.8. The topological polar surface area (TPSA) is 94.3 Å². The summed E-state index contributed by atoms with van der Waals surface area (Å²) < 4.78 is 5.60. The van der Waals surface area contributed by atoms with E-state index in [4.69, 9.17) is 16.0 Å². The van der Waals surface area contributed by atoms with E-state index in [2.05, 4.69) is 5.43 Å². The van der Waals surface area contributed by atoms with Crippen molar-refractivity contribution < 1.29 is 9.21 Å². The minimum absolute atomic E-state index is 0.250. The molecule has 5 nitrogen and oxygen atoms in total. The average Bonchev–Trinajstić information content (AvgIpc) is 2.76. The molecule has 0 unspecified atom stereocenters. The lowest BCUT2D eigenvalue weighted by molar-refractivity contribution is 0.0927. The fourth-order valence-electron chi connectivity index (χ4n) is 1.91. The van der Waals surface area contributed by atoms with Gasteiger partial charge in [0.1, 0.15) is 5.58 Å². The number of nitrogen functional groups attached to an aromatic ring is 1. The molecule has 1 heterocycles. The summed E-state index contributed by atoms with van der Waals surface area (Å²) in [6, 6.07) is 7.57. The van der Waals surface area contributed by atoms with Crippen molar-refractivity contribution in [2.75, 3.05) is 5.75 Å². The van der Waals surface area contributed by atoms with Gasteiger partial charge in [-0.25, -0.2) is 5.84 Å². The first-order valence-corrected chi connectivity index (χ1v) is 7.46. The molecule has 6 heteroatoms. The van der Waals surface area contributed by atoms with Gasteiger partial charge in [0.25, 0.3) is 0 Å². The van der Waals surface area contributed by atoms with E-state index < -0.39 is 5.91 Å². The second-order valence-corrected chi connectivity index (χ2v) is 6.35. The molecule has 5 N–H and O–H groups in total. The van der Waals surface area contributed by atoms with Crippen LogP contribution < -0.4 is 17.0 Å². The van der Waals surface area contributed by atoms with Crippen LogP contribution in [-0.4, -0.2) is 17.2 Å². The summed E-state index contributed by atoms with van der Waals surface area (Å²) >= 11 is 1.67. The van der Waals surface area contributed by atoms with Crippen molar-refractivity contribution in [2.45, 2.75) is 25.1 Å². The Morgan fingerprint density at radius 1 is 1.40 bits per heavy atom. The van der Waals surface area contributed by atoms with Crippen molar-refractivity contribution in [1.29, 1.82) is 0 Å². The third kappa shape index (κ3) is 3.33. The lowest BCUT2D eigenvalue weighted by Gasteiger charge is -2.17. The first-order valence-electron chi connectivity index (χ1n) is 6.30. The van der Waals surface area contributed by atoms with Gasteiger partial charge in [0, 0.05) is 28.0 Å². The van der Waals surface area contributed by atoms with E-state index in [0.29, 0.717) is 11.3 Å². The highest BCUT2D eigenvalue weighted by Gasteiger charge is 2.20. The monoisotopic (exact) mass is 293 g/mol. The van der Waals surface area contributed by atoms with E-state index >= 15 is 0 Å². The lowest BCUT2D eigenvalue weighted by atomic mass is 10.1. The molecule has 1 aromatic carbocycles. The Balaban J connectivity index is 2.31. The number of nitrogens with one attached hydrogen (secondary N) is 1. The van der Waals surface area contributed by atoms with Gasteiger partial charge < -0.3 is 10.2 Å². The third-order valence-corrected chi connectivity index (χ3v) is 4.20. The minimum Gasteiger partial charge on any atom is -0.451 e. The number of hydrogen-bond acceptors (Lipinski definition) is 5. The number of fused-ring (bicyclic) bond motifs is 1. The van der Waals surface area contributed by atoms with Crippen LogP contribution in [0.25, 0.3) is 11.0 Å². The van der Waals surface area contributed by atoms with Crippen LogP contribution in [0, 0.1) is 0 Å². The van der Waals surface area contributed by atoms with Crippen LogP contribution in [0.15, 0.2) is 28.7 Å². The summed E-state index contributed by atoms with van der Waals surface area (Å²) in [5.41, 5.74) is 9.39. The Labute approximate surface area is 122 Å². The molecule has 0 bridgehead atoms. The van der Waals surface area contributed by atoms with Crippen molar-refractivity contribution in [3.8, 4) is 0 Å². The van der Waals surface area contributed by atoms with E-state index in [1.54, 1.807) is 11.8 Å². The standard InChI is InChI=1S/C14H19N3O2S/c1-14(2,15)8-20-7-10-9-5-3-4-6-11(9)19-12(10)13(18)17-16/h3-6H,7-8,15-16H2,1-2H3,(H,17,18). The van der Waals surface area contributed by atoms with Gasteiger partial charge in [0.2, 0.25) is 0 Å². The molecule has 0 saturated heterocycles. The molecule has 20 heavy (non-hydrogen) atoms. The second kappa shape index (κ2) is 5.87. The average molecular weight is 293 g/mol. The molecule has 0 aliphatic heterocycles. The van der Waals surface area contributed by atoms with Crippen LogP contribution in [0.1, 0.15) is 30.0 Å². The largest absolute Gasteiger partial charge is 0.451 e. The zero-order valence-corrected chi connectivity index (χ0v) is 12.4. The molecule has 2 rings (SSSR count). The van der Waals surface area contributed by atoms with Gasteiger partial charge in [-0.2, -0.15) is 11.8 Å². The minimum atomic E-state index is -0.413.